The van der Waals surface area contributed by atoms with E-state index in [-0.39, 0.29) is 5.82 Å². The number of piperazine rings is 1. The largest absolute Gasteiger partial charge is 0.353 e. The molecule has 1 aliphatic rings. The van der Waals surface area contributed by atoms with Gasteiger partial charge in [0.05, 0.1) is 11.9 Å². The van der Waals surface area contributed by atoms with E-state index in [4.69, 9.17) is 0 Å². The first kappa shape index (κ1) is 14.8. The Morgan fingerprint density at radius 2 is 1.88 bits per heavy atom. The van der Waals surface area contributed by atoms with E-state index in [9.17, 15) is 4.39 Å². The predicted molar refractivity (Wildman–Crippen MR) is 89.6 cm³/mol. The van der Waals surface area contributed by atoms with Crippen LogP contribution in [0.2, 0.25) is 0 Å². The minimum atomic E-state index is -0.261. The molecule has 0 bridgehead atoms. The van der Waals surface area contributed by atoms with Crippen molar-refractivity contribution in [3.05, 3.63) is 54.7 Å². The number of imidazole rings is 1. The third kappa shape index (κ3) is 2.85. The van der Waals surface area contributed by atoms with Crippen LogP contribution in [0.15, 0.2) is 48.9 Å². The van der Waals surface area contributed by atoms with Gasteiger partial charge in [-0.2, -0.15) is 5.10 Å². The van der Waals surface area contributed by atoms with Crippen LogP contribution in [0.1, 0.15) is 0 Å². The molecule has 6 nitrogen and oxygen atoms in total. The maximum Gasteiger partial charge on any atom is 0.153 e. The topological polar surface area (TPSA) is 58.9 Å². The first-order valence-corrected chi connectivity index (χ1v) is 7.89. The summed E-state index contributed by atoms with van der Waals surface area (Å²) in [7, 11) is 0. The molecular weight excluding hydrogens is 307 g/mol. The molecule has 4 rings (SSSR count). The van der Waals surface area contributed by atoms with E-state index in [0.29, 0.717) is 0 Å². The first-order chi connectivity index (χ1) is 11.8. The number of nitrogens with zero attached hydrogens (tertiary/aromatic N) is 5. The van der Waals surface area contributed by atoms with Crippen LogP contribution in [-0.2, 0) is 0 Å². The van der Waals surface area contributed by atoms with Crippen molar-refractivity contribution in [1.29, 1.82) is 0 Å². The van der Waals surface area contributed by atoms with Crippen molar-refractivity contribution >= 4 is 5.82 Å². The van der Waals surface area contributed by atoms with Crippen LogP contribution in [0.4, 0.5) is 10.2 Å². The number of aromatic nitrogens is 4. The third-order valence-corrected chi connectivity index (χ3v) is 4.09. The van der Waals surface area contributed by atoms with Crippen molar-refractivity contribution in [2.45, 2.75) is 0 Å². The van der Waals surface area contributed by atoms with Gasteiger partial charge in [-0.3, -0.25) is 4.57 Å². The van der Waals surface area contributed by atoms with E-state index in [1.54, 1.807) is 24.5 Å². The Labute approximate surface area is 139 Å². The van der Waals surface area contributed by atoms with Crippen LogP contribution in [0.5, 0.6) is 0 Å². The number of benzene rings is 1. The molecule has 0 amide bonds. The lowest BCUT2D eigenvalue weighted by molar-refractivity contribution is 0.582. The first-order valence-electron chi connectivity index (χ1n) is 7.89. The highest BCUT2D eigenvalue weighted by Gasteiger charge is 2.14. The SMILES string of the molecule is Fc1ccc(-c2nccn2-c2cnnc(N3CCNCC3)c2)cc1. The molecule has 3 aromatic rings. The van der Waals surface area contributed by atoms with E-state index in [2.05, 4.69) is 25.4 Å². The van der Waals surface area contributed by atoms with Gasteiger partial charge >= 0.3 is 0 Å². The van der Waals surface area contributed by atoms with Crippen LogP contribution in [0.3, 0.4) is 0 Å². The quantitative estimate of drug-likeness (QED) is 0.797. The number of rotatable bonds is 3. The zero-order chi connectivity index (χ0) is 16.4. The fourth-order valence-corrected chi connectivity index (χ4v) is 2.85. The number of halogens is 1. The van der Waals surface area contributed by atoms with Gasteiger partial charge in [-0.25, -0.2) is 9.37 Å². The summed E-state index contributed by atoms with van der Waals surface area (Å²) in [6, 6.07) is 8.32. The molecule has 0 atom stereocenters. The Balaban J connectivity index is 1.69. The van der Waals surface area contributed by atoms with Crippen molar-refractivity contribution in [1.82, 2.24) is 25.1 Å². The summed E-state index contributed by atoms with van der Waals surface area (Å²) in [6.07, 6.45) is 5.31. The molecule has 1 aromatic carbocycles. The molecule has 24 heavy (non-hydrogen) atoms. The Bertz CT molecular complexity index is 823. The molecule has 1 fully saturated rings. The summed E-state index contributed by atoms with van der Waals surface area (Å²) in [5, 5.41) is 11.7. The summed E-state index contributed by atoms with van der Waals surface area (Å²) in [5.74, 6) is 1.34. The Kier molecular flexibility index (Phi) is 3.92. The standard InChI is InChI=1S/C17H17FN6/c18-14-3-1-13(2-4-14)17-20-7-10-24(17)15-11-16(22-21-12-15)23-8-5-19-6-9-23/h1-4,7,10-12,19H,5-6,8-9H2. The zero-order valence-corrected chi connectivity index (χ0v) is 13.1. The van der Waals surface area contributed by atoms with Gasteiger partial charge < -0.3 is 10.2 Å². The minimum Gasteiger partial charge on any atom is -0.353 e. The summed E-state index contributed by atoms with van der Waals surface area (Å²) >= 11 is 0. The number of anilines is 1. The molecule has 7 heteroatoms. The lowest BCUT2D eigenvalue weighted by atomic mass is 10.2. The van der Waals surface area contributed by atoms with E-state index in [1.807, 2.05) is 16.8 Å². The van der Waals surface area contributed by atoms with Crippen molar-refractivity contribution in [2.75, 3.05) is 31.1 Å². The predicted octanol–water partition coefficient (Wildman–Crippen LogP) is 1.88. The van der Waals surface area contributed by atoms with Crippen molar-refractivity contribution in [2.24, 2.45) is 0 Å². The van der Waals surface area contributed by atoms with Crippen LogP contribution >= 0.6 is 0 Å². The second-order valence-electron chi connectivity index (χ2n) is 5.64. The molecule has 2 aromatic heterocycles. The lowest BCUT2D eigenvalue weighted by Gasteiger charge is -2.28. The van der Waals surface area contributed by atoms with E-state index < -0.39 is 0 Å². The Morgan fingerprint density at radius 1 is 1.08 bits per heavy atom. The average molecular weight is 324 g/mol. The van der Waals surface area contributed by atoms with Crippen LogP contribution in [0.25, 0.3) is 17.1 Å². The van der Waals surface area contributed by atoms with Gasteiger partial charge in [0, 0.05) is 50.2 Å². The lowest BCUT2D eigenvalue weighted by Crippen LogP contribution is -2.44. The normalized spacial score (nSPS) is 14.8. The van der Waals surface area contributed by atoms with Gasteiger partial charge in [0.1, 0.15) is 11.6 Å². The number of hydrogen-bond donors (Lipinski definition) is 1. The van der Waals surface area contributed by atoms with Gasteiger partial charge in [0.25, 0.3) is 0 Å². The number of nitrogens with one attached hydrogen (secondary N) is 1. The van der Waals surface area contributed by atoms with Gasteiger partial charge in [-0.1, -0.05) is 0 Å². The maximum absolute atomic E-state index is 13.2. The second kappa shape index (κ2) is 6.37. The highest BCUT2D eigenvalue weighted by atomic mass is 19.1. The molecule has 0 aliphatic carbocycles. The van der Waals surface area contributed by atoms with E-state index >= 15 is 0 Å². The zero-order valence-electron chi connectivity index (χ0n) is 13.1. The average Bonchev–Trinajstić information content (AvgIpc) is 3.13. The molecule has 1 aliphatic heterocycles. The molecule has 1 N–H and O–H groups in total. The fourth-order valence-electron chi connectivity index (χ4n) is 2.85. The Morgan fingerprint density at radius 3 is 2.67 bits per heavy atom. The summed E-state index contributed by atoms with van der Waals surface area (Å²) < 4.78 is 15.1. The fraction of sp³-hybridized carbons (Fsp3) is 0.235. The van der Waals surface area contributed by atoms with Crippen LogP contribution < -0.4 is 10.2 Å². The summed E-state index contributed by atoms with van der Waals surface area (Å²) in [6.45, 7) is 3.70. The molecular formula is C17H17FN6. The highest BCUT2D eigenvalue weighted by molar-refractivity contribution is 5.59. The molecule has 0 unspecified atom stereocenters. The molecule has 1 saturated heterocycles. The van der Waals surface area contributed by atoms with Crippen molar-refractivity contribution < 1.29 is 4.39 Å². The summed E-state index contributed by atoms with van der Waals surface area (Å²) in [4.78, 5) is 6.61. The van der Waals surface area contributed by atoms with E-state index in [0.717, 1.165) is 49.1 Å². The number of hydrogen-bond acceptors (Lipinski definition) is 5. The van der Waals surface area contributed by atoms with Gasteiger partial charge in [0.2, 0.25) is 0 Å². The maximum atomic E-state index is 13.2. The highest BCUT2D eigenvalue weighted by Crippen LogP contribution is 2.23. The van der Waals surface area contributed by atoms with Crippen LogP contribution in [0, 0.1) is 5.82 Å². The van der Waals surface area contributed by atoms with Crippen molar-refractivity contribution in [3.8, 4) is 17.1 Å². The Hall–Kier alpha value is -2.80. The monoisotopic (exact) mass is 324 g/mol. The molecule has 122 valence electrons. The molecule has 0 saturated carbocycles. The third-order valence-electron chi connectivity index (χ3n) is 4.09. The molecule has 0 spiro atoms. The minimum absolute atomic E-state index is 0.261. The summed E-state index contributed by atoms with van der Waals surface area (Å²) in [5.41, 5.74) is 1.73. The molecule has 3 heterocycles. The van der Waals surface area contributed by atoms with E-state index in [1.165, 1.54) is 12.1 Å². The van der Waals surface area contributed by atoms with Crippen LogP contribution in [-0.4, -0.2) is 45.9 Å². The second-order valence-corrected chi connectivity index (χ2v) is 5.64. The van der Waals surface area contributed by atoms with Crippen molar-refractivity contribution in [3.63, 3.8) is 0 Å². The van der Waals surface area contributed by atoms with Gasteiger partial charge in [-0.05, 0) is 24.3 Å². The van der Waals surface area contributed by atoms with Gasteiger partial charge in [-0.15, -0.1) is 5.10 Å². The smallest absolute Gasteiger partial charge is 0.153 e. The van der Waals surface area contributed by atoms with Gasteiger partial charge in [0.15, 0.2) is 5.82 Å². The molecule has 0 radical (unpaired) electrons.